The smallest absolute Gasteiger partial charge is 0.258 e. The zero-order valence-electron chi connectivity index (χ0n) is 21.3. The van der Waals surface area contributed by atoms with Gasteiger partial charge in [0.05, 0.1) is 11.9 Å². The van der Waals surface area contributed by atoms with E-state index < -0.39 is 5.60 Å². The lowest BCUT2D eigenvalue weighted by molar-refractivity contribution is -0.143. The molecule has 4 heterocycles. The van der Waals surface area contributed by atoms with Crippen LogP contribution in [0.2, 0.25) is 0 Å². The fraction of sp³-hybridized carbons (Fsp3) is 0.370. The average molecular weight is 532 g/mol. The molecule has 0 radical (unpaired) electrons. The number of nitrogens with one attached hydrogen (secondary N) is 1. The minimum absolute atomic E-state index is 0.193. The minimum Gasteiger partial charge on any atom is -0.472 e. The molecule has 4 aromatic rings. The van der Waals surface area contributed by atoms with Crippen LogP contribution in [0.15, 0.2) is 48.1 Å². The first-order valence-electron chi connectivity index (χ1n) is 12.7. The van der Waals surface area contributed by atoms with E-state index in [1.807, 2.05) is 42.9 Å². The number of carbonyl (C=O) groups excluding carboxylic acids is 1. The van der Waals surface area contributed by atoms with Crippen molar-refractivity contribution in [2.24, 2.45) is 7.05 Å². The molecule has 3 aromatic heterocycles. The van der Waals surface area contributed by atoms with Crippen LogP contribution < -0.4 is 10.1 Å². The Balaban J connectivity index is 1.22. The first kappa shape index (κ1) is 24.5. The highest BCUT2D eigenvalue weighted by Gasteiger charge is 2.45. The Hall–Kier alpha value is -3.83. The highest BCUT2D eigenvalue weighted by atomic mass is 32.1. The topological polar surface area (TPSA) is 118 Å². The highest BCUT2D eigenvalue weighted by molar-refractivity contribution is 7.13. The third-order valence-corrected chi connectivity index (χ3v) is 8.03. The van der Waals surface area contributed by atoms with Gasteiger partial charge in [0, 0.05) is 44.2 Å². The molecule has 11 heteroatoms. The number of likely N-dealkylation sites (tertiary alicyclic amines) is 1. The number of aryl methyl sites for hydroxylation is 1. The van der Waals surface area contributed by atoms with Crippen LogP contribution in [0, 0.1) is 0 Å². The number of nitrogens with zero attached hydrogens (tertiary/aromatic N) is 6. The van der Waals surface area contributed by atoms with E-state index in [0.717, 1.165) is 29.1 Å². The van der Waals surface area contributed by atoms with E-state index in [1.54, 1.807) is 28.9 Å². The second-order valence-corrected chi connectivity index (χ2v) is 10.8. The second-order valence-electron chi connectivity index (χ2n) is 9.89. The first-order chi connectivity index (χ1) is 18.4. The number of benzene rings is 1. The van der Waals surface area contributed by atoms with Crippen LogP contribution in [0.25, 0.3) is 22.0 Å². The molecule has 2 aliphatic rings. The fourth-order valence-electron chi connectivity index (χ4n) is 5.04. The van der Waals surface area contributed by atoms with E-state index >= 15 is 0 Å². The summed E-state index contributed by atoms with van der Waals surface area (Å²) in [6, 6.07) is 9.23. The average Bonchev–Trinajstić information content (AvgIpc) is 3.72. The second kappa shape index (κ2) is 9.80. The number of amides is 1. The lowest BCUT2D eigenvalue weighted by Crippen LogP contribution is -2.36. The summed E-state index contributed by atoms with van der Waals surface area (Å²) in [6.45, 7) is 0.526. The molecule has 0 unspecified atom stereocenters. The van der Waals surface area contributed by atoms with Crippen LogP contribution in [-0.4, -0.2) is 60.3 Å². The predicted octanol–water partition coefficient (Wildman–Crippen LogP) is 4.12. The van der Waals surface area contributed by atoms with E-state index in [0.29, 0.717) is 41.7 Å². The number of aromatic nitrogens is 5. The van der Waals surface area contributed by atoms with Crippen LogP contribution in [0.1, 0.15) is 37.7 Å². The molecule has 196 valence electrons. The molecule has 2 fully saturated rings. The van der Waals surface area contributed by atoms with Crippen molar-refractivity contribution in [1.82, 2.24) is 29.6 Å². The van der Waals surface area contributed by atoms with Crippen molar-refractivity contribution >= 4 is 28.9 Å². The van der Waals surface area contributed by atoms with Crippen LogP contribution in [0.3, 0.4) is 0 Å². The van der Waals surface area contributed by atoms with Gasteiger partial charge in [0.2, 0.25) is 5.95 Å². The van der Waals surface area contributed by atoms with Gasteiger partial charge >= 0.3 is 0 Å². The van der Waals surface area contributed by atoms with E-state index in [-0.39, 0.29) is 12.0 Å². The number of aliphatic hydroxyl groups is 1. The Labute approximate surface area is 224 Å². The van der Waals surface area contributed by atoms with E-state index in [4.69, 9.17) is 9.72 Å². The maximum Gasteiger partial charge on any atom is 0.258 e. The summed E-state index contributed by atoms with van der Waals surface area (Å²) >= 11 is 1.48. The molecule has 1 amide bonds. The standard InChI is InChI=1S/C27H29N7O3S/c1-33-13-11-27(36,25(33)35)18-7-5-6-17(14-18)24-29-22(16-38-24)20-10-12-28-26(30-20)31-21-15-34(2)32-23(21)37-19-8-3-4-9-19/h5-7,10,12,14-16,19,36H,3-4,8-9,11,13H2,1-2H3,(H,28,30,31)/t27-/m1/s1. The minimum atomic E-state index is -1.50. The molecule has 2 N–H and O–H groups in total. The highest BCUT2D eigenvalue weighted by Crippen LogP contribution is 2.36. The quantitative estimate of drug-likeness (QED) is 0.366. The number of rotatable bonds is 7. The molecule has 1 saturated heterocycles. The Morgan fingerprint density at radius 2 is 2.00 bits per heavy atom. The molecule has 1 saturated carbocycles. The van der Waals surface area contributed by atoms with Gasteiger partial charge in [-0.2, -0.15) is 0 Å². The van der Waals surface area contributed by atoms with Crippen molar-refractivity contribution in [3.05, 3.63) is 53.7 Å². The molecule has 1 aliphatic heterocycles. The molecule has 1 aliphatic carbocycles. The maximum absolute atomic E-state index is 12.6. The Bertz CT molecular complexity index is 1480. The van der Waals surface area contributed by atoms with Crippen molar-refractivity contribution in [3.63, 3.8) is 0 Å². The van der Waals surface area contributed by atoms with Gasteiger partial charge in [-0.15, -0.1) is 16.4 Å². The number of hydrogen-bond donors (Lipinski definition) is 2. The molecule has 0 bridgehead atoms. The molecular weight excluding hydrogens is 502 g/mol. The summed E-state index contributed by atoms with van der Waals surface area (Å²) in [4.78, 5) is 28.0. The third-order valence-electron chi connectivity index (χ3n) is 7.14. The monoisotopic (exact) mass is 531 g/mol. The summed E-state index contributed by atoms with van der Waals surface area (Å²) in [5.41, 5.74) is 2.04. The number of carbonyl (C=O) groups is 1. The molecule has 1 aromatic carbocycles. The van der Waals surface area contributed by atoms with Gasteiger partial charge in [-0.3, -0.25) is 9.48 Å². The molecule has 6 rings (SSSR count). The van der Waals surface area contributed by atoms with Crippen molar-refractivity contribution in [2.45, 2.75) is 43.8 Å². The van der Waals surface area contributed by atoms with E-state index in [1.165, 1.54) is 24.2 Å². The fourth-order valence-corrected chi connectivity index (χ4v) is 5.85. The SMILES string of the molecule is CN1CC[C@@](O)(c2cccc(-c3nc(-c4ccnc(Nc5cn(C)nc5OC5CCCC5)n4)cs3)c2)C1=O. The molecule has 0 spiro atoms. The van der Waals surface area contributed by atoms with Crippen molar-refractivity contribution in [2.75, 3.05) is 18.9 Å². The van der Waals surface area contributed by atoms with Gasteiger partial charge in [0.25, 0.3) is 11.8 Å². The summed E-state index contributed by atoms with van der Waals surface area (Å²) < 4.78 is 7.84. The lowest BCUT2D eigenvalue weighted by atomic mass is 9.91. The Morgan fingerprint density at radius 1 is 1.16 bits per heavy atom. The lowest BCUT2D eigenvalue weighted by Gasteiger charge is -2.21. The van der Waals surface area contributed by atoms with E-state index in [2.05, 4.69) is 20.4 Å². The number of hydrogen-bond acceptors (Lipinski definition) is 9. The number of anilines is 2. The first-order valence-corrected chi connectivity index (χ1v) is 13.6. The van der Waals surface area contributed by atoms with Crippen LogP contribution in [-0.2, 0) is 17.4 Å². The van der Waals surface area contributed by atoms with Gasteiger partial charge in [-0.05, 0) is 43.4 Å². The Morgan fingerprint density at radius 3 is 2.79 bits per heavy atom. The van der Waals surface area contributed by atoms with Gasteiger partial charge in [-0.25, -0.2) is 15.0 Å². The van der Waals surface area contributed by atoms with Crippen molar-refractivity contribution < 1.29 is 14.6 Å². The van der Waals surface area contributed by atoms with Crippen LogP contribution in [0.5, 0.6) is 5.88 Å². The van der Waals surface area contributed by atoms with Crippen molar-refractivity contribution in [1.29, 1.82) is 0 Å². The van der Waals surface area contributed by atoms with Gasteiger partial charge in [0.1, 0.15) is 22.5 Å². The maximum atomic E-state index is 12.6. The van der Waals surface area contributed by atoms with Gasteiger partial charge in [0.15, 0.2) is 5.60 Å². The zero-order chi connectivity index (χ0) is 26.3. The largest absolute Gasteiger partial charge is 0.472 e. The molecule has 1 atom stereocenters. The molecular formula is C27H29N7O3S. The third kappa shape index (κ3) is 4.63. The van der Waals surface area contributed by atoms with Crippen LogP contribution >= 0.6 is 11.3 Å². The summed E-state index contributed by atoms with van der Waals surface area (Å²) in [7, 11) is 3.56. The predicted molar refractivity (Wildman–Crippen MR) is 144 cm³/mol. The summed E-state index contributed by atoms with van der Waals surface area (Å²) in [5.74, 6) is 0.702. The normalized spacial score (nSPS) is 19.9. The number of ether oxygens (including phenoxy) is 1. The van der Waals surface area contributed by atoms with Crippen molar-refractivity contribution in [3.8, 4) is 27.8 Å². The van der Waals surface area contributed by atoms with E-state index in [9.17, 15) is 9.90 Å². The Kier molecular flexibility index (Phi) is 6.32. The summed E-state index contributed by atoms with van der Waals surface area (Å²) in [5, 5.41) is 21.5. The summed E-state index contributed by atoms with van der Waals surface area (Å²) in [6.07, 6.45) is 8.57. The van der Waals surface area contributed by atoms with Gasteiger partial charge in [-0.1, -0.05) is 18.2 Å². The molecule has 10 nitrogen and oxygen atoms in total. The van der Waals surface area contributed by atoms with Crippen LogP contribution in [0.4, 0.5) is 11.6 Å². The zero-order valence-corrected chi connectivity index (χ0v) is 22.1. The number of likely N-dealkylation sites (N-methyl/N-ethyl adjacent to an activating group) is 1. The van der Waals surface area contributed by atoms with Gasteiger partial charge < -0.3 is 20.1 Å². The molecule has 38 heavy (non-hydrogen) atoms. The number of thiazole rings is 1.